The number of aryl methyl sites for hydroxylation is 1. The van der Waals surface area contributed by atoms with Crippen LogP contribution in [0.4, 0.5) is 20.7 Å². The summed E-state index contributed by atoms with van der Waals surface area (Å²) in [4.78, 5) is 39.0. The number of nitrogens with one attached hydrogen (secondary N) is 4. The molecule has 5 heterocycles. The maximum atomic E-state index is 14.2. The number of imidazole rings is 1. The number of hydrogen-bond donors (Lipinski definition) is 4. The second kappa shape index (κ2) is 13.0. The predicted octanol–water partition coefficient (Wildman–Crippen LogP) is 3.52. The van der Waals surface area contributed by atoms with Crippen LogP contribution in [0.25, 0.3) is 5.65 Å². The summed E-state index contributed by atoms with van der Waals surface area (Å²) in [5.74, 6) is 0.835. The summed E-state index contributed by atoms with van der Waals surface area (Å²) in [5, 5.41) is 12.4. The molecule has 4 atom stereocenters. The molecule has 3 aromatic heterocycles. The van der Waals surface area contributed by atoms with Crippen LogP contribution in [0.15, 0.2) is 30.9 Å². The zero-order valence-electron chi connectivity index (χ0n) is 26.4. The van der Waals surface area contributed by atoms with Crippen molar-refractivity contribution in [3.8, 4) is 0 Å². The van der Waals surface area contributed by atoms with E-state index < -0.39 is 17.3 Å². The molecule has 3 aromatic rings. The fourth-order valence-electron chi connectivity index (χ4n) is 5.43. The van der Waals surface area contributed by atoms with Gasteiger partial charge in [-0.25, -0.2) is 24.1 Å². The molecule has 44 heavy (non-hydrogen) atoms. The van der Waals surface area contributed by atoms with Crippen LogP contribution >= 0.6 is 0 Å². The normalized spacial score (nSPS) is 23.3. The van der Waals surface area contributed by atoms with E-state index in [0.717, 1.165) is 32.0 Å². The summed E-state index contributed by atoms with van der Waals surface area (Å²) in [6.07, 6.45) is 8.63. The van der Waals surface area contributed by atoms with Crippen molar-refractivity contribution >= 4 is 29.2 Å². The molecule has 13 heteroatoms. The summed E-state index contributed by atoms with van der Waals surface area (Å²) < 4.78 is 20.9. The lowest BCUT2D eigenvalue weighted by Crippen LogP contribution is -2.42. The maximum Gasteiger partial charge on any atom is 0.407 e. The van der Waals surface area contributed by atoms with Gasteiger partial charge >= 0.3 is 6.09 Å². The Bertz CT molecular complexity index is 1470. The van der Waals surface area contributed by atoms with E-state index in [1.54, 1.807) is 29.9 Å². The number of pyridine rings is 1. The minimum absolute atomic E-state index is 0.181. The molecule has 0 aromatic carbocycles. The van der Waals surface area contributed by atoms with Crippen molar-refractivity contribution in [2.45, 2.75) is 78.1 Å². The van der Waals surface area contributed by atoms with Crippen molar-refractivity contribution in [2.24, 2.45) is 11.8 Å². The summed E-state index contributed by atoms with van der Waals surface area (Å²) in [6, 6.07) is 2.58. The number of fused-ring (bicyclic) bond motifs is 1. The van der Waals surface area contributed by atoms with Gasteiger partial charge in [-0.1, -0.05) is 13.8 Å². The van der Waals surface area contributed by atoms with Gasteiger partial charge in [0.25, 0.3) is 5.91 Å². The Hall–Kier alpha value is -3.84. The van der Waals surface area contributed by atoms with Crippen LogP contribution in [0.1, 0.15) is 63.6 Å². The Morgan fingerprint density at radius 1 is 1.05 bits per heavy atom. The Morgan fingerprint density at radius 2 is 1.82 bits per heavy atom. The number of alkyl carbamates (subject to hydrolysis) is 1. The van der Waals surface area contributed by atoms with Gasteiger partial charge in [-0.2, -0.15) is 0 Å². The highest BCUT2D eigenvalue weighted by Gasteiger charge is 2.34. The van der Waals surface area contributed by atoms with E-state index in [9.17, 15) is 14.0 Å². The quantitative estimate of drug-likeness (QED) is 0.331. The number of carbonyl (C=O) groups is 2. The van der Waals surface area contributed by atoms with Crippen molar-refractivity contribution in [1.82, 2.24) is 35.3 Å². The molecule has 0 unspecified atom stereocenters. The first-order chi connectivity index (χ1) is 20.8. The molecule has 1 saturated carbocycles. The van der Waals surface area contributed by atoms with Gasteiger partial charge in [0.2, 0.25) is 0 Å². The molecular formula is C31H44FN9O3. The highest BCUT2D eigenvalue weighted by Crippen LogP contribution is 2.26. The number of ether oxygens (including phenoxy) is 1. The average molecular weight is 610 g/mol. The van der Waals surface area contributed by atoms with Crippen LogP contribution in [0, 0.1) is 24.6 Å². The largest absolute Gasteiger partial charge is 0.444 e. The highest BCUT2D eigenvalue weighted by atomic mass is 19.1. The van der Waals surface area contributed by atoms with Crippen LogP contribution in [-0.2, 0) is 4.74 Å². The molecule has 238 valence electrons. The third kappa shape index (κ3) is 8.20. The monoisotopic (exact) mass is 609 g/mol. The first-order valence-electron chi connectivity index (χ1n) is 15.3. The smallest absolute Gasteiger partial charge is 0.407 e. The van der Waals surface area contributed by atoms with Crippen molar-refractivity contribution in [2.75, 3.05) is 36.4 Å². The Labute approximate surface area is 257 Å². The van der Waals surface area contributed by atoms with Crippen LogP contribution in [0.3, 0.4) is 0 Å². The Balaban J connectivity index is 0.000000232. The van der Waals surface area contributed by atoms with Crippen LogP contribution < -0.4 is 26.2 Å². The van der Waals surface area contributed by atoms with Gasteiger partial charge in [0.15, 0.2) is 11.5 Å². The highest BCUT2D eigenvalue weighted by molar-refractivity contribution is 6.02. The van der Waals surface area contributed by atoms with Gasteiger partial charge in [-0.15, -0.1) is 0 Å². The first kappa shape index (κ1) is 31.6. The number of amides is 2. The van der Waals surface area contributed by atoms with Gasteiger partial charge in [-0.3, -0.25) is 4.79 Å². The molecule has 2 aliphatic heterocycles. The summed E-state index contributed by atoms with van der Waals surface area (Å²) in [7, 11) is 0. The molecule has 0 radical (unpaired) electrons. The standard InChI is InChI=1S/C21H24FN7O.C10H20N2O2/c1-12-8-28(11-18(12)26-14-3-4-14)19-7-23-17(6-24-19)21(30)27-15-5-16(22)20-25-13(2)9-29(20)10-15;1-7-5-11-6-8(7)12-9(13)14-10(2,3)4/h5-7,9-10,12,14,18,26H,3-4,8,11H2,1-2H3,(H,27,30);7-8,11H,5-6H2,1-4H3,(H,12,13)/t12-,18-;7-,8-/m11/s1. The predicted molar refractivity (Wildman–Crippen MR) is 166 cm³/mol. The fourth-order valence-corrected chi connectivity index (χ4v) is 5.43. The lowest BCUT2D eigenvalue weighted by molar-refractivity contribution is 0.0499. The number of hydrogen-bond acceptors (Lipinski definition) is 9. The topological polar surface area (TPSA) is 138 Å². The third-order valence-corrected chi connectivity index (χ3v) is 7.94. The number of aromatic nitrogens is 4. The van der Waals surface area contributed by atoms with Crippen LogP contribution in [-0.4, -0.2) is 81.3 Å². The number of nitrogens with zero attached hydrogens (tertiary/aromatic N) is 5. The van der Waals surface area contributed by atoms with Crippen molar-refractivity contribution in [3.05, 3.63) is 48.1 Å². The van der Waals surface area contributed by atoms with E-state index in [0.29, 0.717) is 35.3 Å². The van der Waals surface area contributed by atoms with Gasteiger partial charge in [0, 0.05) is 56.2 Å². The molecular weight excluding hydrogens is 565 g/mol. The van der Waals surface area contributed by atoms with Crippen LogP contribution in [0.5, 0.6) is 0 Å². The number of anilines is 2. The molecule has 1 aliphatic carbocycles. The summed E-state index contributed by atoms with van der Waals surface area (Å²) in [6.45, 7) is 15.3. The maximum absolute atomic E-state index is 14.2. The van der Waals surface area contributed by atoms with Gasteiger partial charge < -0.3 is 35.3 Å². The summed E-state index contributed by atoms with van der Waals surface area (Å²) in [5.41, 5.74) is 1.02. The second-order valence-electron chi connectivity index (χ2n) is 13.2. The Morgan fingerprint density at radius 3 is 2.45 bits per heavy atom. The van der Waals surface area contributed by atoms with E-state index in [-0.39, 0.29) is 23.5 Å². The molecule has 12 nitrogen and oxygen atoms in total. The molecule has 4 N–H and O–H groups in total. The van der Waals surface area contributed by atoms with Crippen molar-refractivity contribution in [1.29, 1.82) is 0 Å². The number of rotatable bonds is 6. The van der Waals surface area contributed by atoms with Gasteiger partial charge in [0.05, 0.1) is 23.8 Å². The minimum Gasteiger partial charge on any atom is -0.444 e. The van der Waals surface area contributed by atoms with Crippen LogP contribution in [0.2, 0.25) is 0 Å². The molecule has 0 spiro atoms. The molecule has 6 rings (SSSR count). The molecule has 0 bridgehead atoms. The van der Waals surface area contributed by atoms with E-state index in [4.69, 9.17) is 4.74 Å². The molecule has 3 aliphatic rings. The average Bonchev–Trinajstić information content (AvgIpc) is 3.38. The van der Waals surface area contributed by atoms with E-state index in [1.807, 2.05) is 20.8 Å². The molecule has 2 amide bonds. The summed E-state index contributed by atoms with van der Waals surface area (Å²) >= 11 is 0. The Kier molecular flexibility index (Phi) is 9.35. The lowest BCUT2D eigenvalue weighted by Gasteiger charge is -2.22. The zero-order valence-corrected chi connectivity index (χ0v) is 26.4. The number of halogens is 1. The van der Waals surface area contributed by atoms with Gasteiger partial charge in [0.1, 0.15) is 17.1 Å². The van der Waals surface area contributed by atoms with E-state index in [2.05, 4.69) is 55.0 Å². The molecule has 2 saturated heterocycles. The SMILES string of the molecule is C[C@@H]1CNC[C@H]1NC(=O)OC(C)(C)C.Cc1cn2cc(NC(=O)c3cnc(N4C[C@@H](C)[C@H](NC5CC5)C4)cn3)cc(F)c2n1. The van der Waals surface area contributed by atoms with Crippen molar-refractivity contribution in [3.63, 3.8) is 0 Å². The van der Waals surface area contributed by atoms with Crippen molar-refractivity contribution < 1.29 is 18.7 Å². The lowest BCUT2D eigenvalue weighted by atomic mass is 10.1. The molecule has 3 fully saturated rings. The third-order valence-electron chi connectivity index (χ3n) is 7.94. The second-order valence-corrected chi connectivity index (χ2v) is 13.2. The number of carbonyl (C=O) groups excluding carboxylic acids is 2. The minimum atomic E-state index is -0.500. The van der Waals surface area contributed by atoms with E-state index >= 15 is 0 Å². The first-order valence-corrected chi connectivity index (χ1v) is 15.3. The van der Waals surface area contributed by atoms with Gasteiger partial charge in [-0.05, 0) is 58.9 Å². The van der Waals surface area contributed by atoms with E-state index in [1.165, 1.54) is 25.1 Å². The zero-order chi connectivity index (χ0) is 31.6. The fraction of sp³-hybridized carbons (Fsp3) is 0.581.